The number of rotatable bonds is 4. The number of hydrogen-bond donors (Lipinski definition) is 0. The Hall–Kier alpha value is -1.53. The summed E-state index contributed by atoms with van der Waals surface area (Å²) < 4.78 is 5.54. The SMILES string of the molecule is C[C@@H](Sc1nnc(-c2cccc(Cl)c2)o1)C(=O)N(C)C. The normalized spacial score (nSPS) is 12.2. The maximum Gasteiger partial charge on any atom is 0.277 e. The first-order chi connectivity index (χ1) is 9.47. The Kier molecular flexibility index (Phi) is 4.67. The lowest BCUT2D eigenvalue weighted by Gasteiger charge is -2.14. The Morgan fingerprint density at radius 2 is 2.15 bits per heavy atom. The number of amides is 1. The molecule has 20 heavy (non-hydrogen) atoms. The van der Waals surface area contributed by atoms with Gasteiger partial charge < -0.3 is 9.32 Å². The summed E-state index contributed by atoms with van der Waals surface area (Å²) in [6.07, 6.45) is 0. The van der Waals surface area contributed by atoms with Crippen LogP contribution in [0.3, 0.4) is 0 Å². The minimum absolute atomic E-state index is 0.00231. The maximum absolute atomic E-state index is 11.8. The molecule has 0 saturated heterocycles. The van der Waals surface area contributed by atoms with E-state index in [4.69, 9.17) is 16.0 Å². The van der Waals surface area contributed by atoms with Crippen LogP contribution in [0, 0.1) is 0 Å². The fourth-order valence-electron chi connectivity index (χ4n) is 1.56. The van der Waals surface area contributed by atoms with Crippen molar-refractivity contribution in [2.24, 2.45) is 0 Å². The van der Waals surface area contributed by atoms with Crippen LogP contribution < -0.4 is 0 Å². The van der Waals surface area contributed by atoms with E-state index in [0.29, 0.717) is 16.1 Å². The molecule has 0 fully saturated rings. The lowest BCUT2D eigenvalue weighted by Crippen LogP contribution is -2.29. The zero-order valence-corrected chi connectivity index (χ0v) is 12.9. The summed E-state index contributed by atoms with van der Waals surface area (Å²) >= 11 is 7.15. The molecule has 0 N–H and O–H groups in total. The second kappa shape index (κ2) is 6.28. The van der Waals surface area contributed by atoms with Gasteiger partial charge in [0.15, 0.2) is 0 Å². The van der Waals surface area contributed by atoms with Gasteiger partial charge in [0.1, 0.15) is 0 Å². The van der Waals surface area contributed by atoms with E-state index in [1.165, 1.54) is 16.7 Å². The third-order valence-corrected chi connectivity index (χ3v) is 3.70. The van der Waals surface area contributed by atoms with Crippen molar-refractivity contribution in [3.8, 4) is 11.5 Å². The van der Waals surface area contributed by atoms with E-state index in [2.05, 4.69) is 10.2 Å². The number of halogens is 1. The van der Waals surface area contributed by atoms with E-state index >= 15 is 0 Å². The molecule has 0 bridgehead atoms. The van der Waals surface area contributed by atoms with Gasteiger partial charge in [-0.3, -0.25) is 4.79 Å². The molecule has 1 aromatic carbocycles. The Labute approximate surface area is 126 Å². The zero-order valence-electron chi connectivity index (χ0n) is 11.3. The number of hydrogen-bond acceptors (Lipinski definition) is 5. The molecular formula is C13H14ClN3O2S. The van der Waals surface area contributed by atoms with E-state index in [9.17, 15) is 4.79 Å². The van der Waals surface area contributed by atoms with Crippen molar-refractivity contribution < 1.29 is 9.21 Å². The summed E-state index contributed by atoms with van der Waals surface area (Å²) in [6.45, 7) is 1.80. The van der Waals surface area contributed by atoms with E-state index in [0.717, 1.165) is 5.56 Å². The van der Waals surface area contributed by atoms with Crippen LogP contribution in [0.5, 0.6) is 0 Å². The molecule has 2 rings (SSSR count). The van der Waals surface area contributed by atoms with Crippen molar-refractivity contribution in [2.75, 3.05) is 14.1 Å². The Balaban J connectivity index is 2.12. The maximum atomic E-state index is 11.8. The summed E-state index contributed by atoms with van der Waals surface area (Å²) in [6, 6.07) is 7.17. The van der Waals surface area contributed by atoms with Crippen LogP contribution in [0.15, 0.2) is 33.9 Å². The second-order valence-electron chi connectivity index (χ2n) is 4.38. The van der Waals surface area contributed by atoms with Crippen LogP contribution >= 0.6 is 23.4 Å². The van der Waals surface area contributed by atoms with Gasteiger partial charge in [-0.1, -0.05) is 29.4 Å². The zero-order chi connectivity index (χ0) is 14.7. The number of nitrogens with zero attached hydrogens (tertiary/aromatic N) is 3. The highest BCUT2D eigenvalue weighted by atomic mass is 35.5. The standard InChI is InChI=1S/C13H14ClN3O2S/c1-8(12(18)17(2)3)20-13-16-15-11(19-13)9-5-4-6-10(14)7-9/h4-8H,1-3H3/t8-/m1/s1. The van der Waals surface area contributed by atoms with Gasteiger partial charge in [-0.2, -0.15) is 0 Å². The second-order valence-corrected chi connectivity index (χ2v) is 6.10. The predicted octanol–water partition coefficient (Wildman–Crippen LogP) is 2.96. The molecule has 0 aliphatic carbocycles. The number of carbonyl (C=O) groups excluding carboxylic acids is 1. The van der Waals surface area contributed by atoms with Crippen LogP contribution in [0.2, 0.25) is 5.02 Å². The molecule has 106 valence electrons. The third kappa shape index (κ3) is 3.52. The summed E-state index contributed by atoms with van der Waals surface area (Å²) in [7, 11) is 3.43. The molecule has 5 nitrogen and oxygen atoms in total. The van der Waals surface area contributed by atoms with Gasteiger partial charge in [-0.05, 0) is 25.1 Å². The Morgan fingerprint density at radius 3 is 2.80 bits per heavy atom. The van der Waals surface area contributed by atoms with E-state index < -0.39 is 0 Å². The van der Waals surface area contributed by atoms with Gasteiger partial charge in [-0.15, -0.1) is 10.2 Å². The summed E-state index contributed by atoms with van der Waals surface area (Å²) in [5.74, 6) is 0.386. The molecule has 7 heteroatoms. The predicted molar refractivity (Wildman–Crippen MR) is 78.8 cm³/mol. The van der Waals surface area contributed by atoms with Gasteiger partial charge in [0.05, 0.1) is 5.25 Å². The monoisotopic (exact) mass is 311 g/mol. The Morgan fingerprint density at radius 1 is 1.40 bits per heavy atom. The summed E-state index contributed by atoms with van der Waals surface area (Å²) in [5, 5.41) is 8.59. The van der Waals surface area contributed by atoms with Crippen molar-refractivity contribution in [3.63, 3.8) is 0 Å². The molecule has 1 amide bonds. The van der Waals surface area contributed by atoms with Crippen LogP contribution in [-0.4, -0.2) is 40.3 Å². The minimum atomic E-state index is -0.280. The number of benzene rings is 1. The van der Waals surface area contributed by atoms with Gasteiger partial charge in [0.25, 0.3) is 5.22 Å². The fourth-order valence-corrected chi connectivity index (χ4v) is 2.58. The smallest absolute Gasteiger partial charge is 0.277 e. The largest absolute Gasteiger partial charge is 0.411 e. The molecule has 2 aromatic rings. The van der Waals surface area contributed by atoms with Crippen LogP contribution in [0.1, 0.15) is 6.92 Å². The minimum Gasteiger partial charge on any atom is -0.411 e. The van der Waals surface area contributed by atoms with Crippen LogP contribution in [0.4, 0.5) is 0 Å². The third-order valence-electron chi connectivity index (χ3n) is 2.54. The molecule has 0 unspecified atom stereocenters. The van der Waals surface area contributed by atoms with Gasteiger partial charge in [0.2, 0.25) is 11.8 Å². The highest BCUT2D eigenvalue weighted by Crippen LogP contribution is 2.27. The number of aromatic nitrogens is 2. The average molecular weight is 312 g/mol. The molecule has 1 atom stereocenters. The average Bonchev–Trinajstić information content (AvgIpc) is 2.86. The first-order valence-corrected chi connectivity index (χ1v) is 7.20. The highest BCUT2D eigenvalue weighted by molar-refractivity contribution is 8.00. The van der Waals surface area contributed by atoms with Crippen LogP contribution in [-0.2, 0) is 4.79 Å². The molecule has 1 heterocycles. The van der Waals surface area contributed by atoms with Crippen molar-refractivity contribution in [2.45, 2.75) is 17.4 Å². The lowest BCUT2D eigenvalue weighted by atomic mass is 10.2. The van der Waals surface area contributed by atoms with Crippen molar-refractivity contribution >= 4 is 29.3 Å². The van der Waals surface area contributed by atoms with Crippen molar-refractivity contribution in [1.82, 2.24) is 15.1 Å². The molecule has 0 aliphatic rings. The Bertz CT molecular complexity index is 615. The fraction of sp³-hybridized carbons (Fsp3) is 0.308. The first-order valence-electron chi connectivity index (χ1n) is 5.94. The van der Waals surface area contributed by atoms with E-state index in [-0.39, 0.29) is 11.2 Å². The first kappa shape index (κ1) is 14.9. The van der Waals surface area contributed by atoms with Crippen molar-refractivity contribution in [3.05, 3.63) is 29.3 Å². The van der Waals surface area contributed by atoms with Gasteiger partial charge in [-0.25, -0.2) is 0 Å². The summed E-state index contributed by atoms with van der Waals surface area (Å²) in [5.41, 5.74) is 0.753. The molecule has 0 aliphatic heterocycles. The highest BCUT2D eigenvalue weighted by Gasteiger charge is 2.19. The van der Waals surface area contributed by atoms with Crippen LogP contribution in [0.25, 0.3) is 11.5 Å². The molecule has 0 saturated carbocycles. The number of carbonyl (C=O) groups is 1. The molecule has 0 radical (unpaired) electrons. The topological polar surface area (TPSA) is 59.2 Å². The van der Waals surface area contributed by atoms with Crippen molar-refractivity contribution in [1.29, 1.82) is 0 Å². The van der Waals surface area contributed by atoms with E-state index in [1.54, 1.807) is 33.2 Å². The lowest BCUT2D eigenvalue weighted by molar-refractivity contribution is -0.127. The quantitative estimate of drug-likeness (QED) is 0.812. The summed E-state index contributed by atoms with van der Waals surface area (Å²) in [4.78, 5) is 13.3. The molecular weight excluding hydrogens is 298 g/mol. The van der Waals surface area contributed by atoms with E-state index in [1.807, 2.05) is 12.1 Å². The molecule has 0 spiro atoms. The number of thioether (sulfide) groups is 1. The van der Waals surface area contributed by atoms with Gasteiger partial charge >= 0.3 is 0 Å². The molecule has 1 aromatic heterocycles. The van der Waals surface area contributed by atoms with Gasteiger partial charge in [0, 0.05) is 24.7 Å².